The highest BCUT2D eigenvalue weighted by molar-refractivity contribution is 4.84. The molecule has 1 unspecified atom stereocenters. The van der Waals surface area contributed by atoms with Gasteiger partial charge in [0.1, 0.15) is 0 Å². The highest BCUT2D eigenvalue weighted by Gasteiger charge is 2.24. The van der Waals surface area contributed by atoms with E-state index in [4.69, 9.17) is 0 Å². The molecule has 84 valence electrons. The monoisotopic (exact) mass is 200 g/mol. The van der Waals surface area contributed by atoms with Gasteiger partial charge < -0.3 is 15.3 Å². The fourth-order valence-corrected chi connectivity index (χ4v) is 1.69. The molecule has 0 radical (unpaired) electrons. The number of rotatable bonds is 8. The van der Waals surface area contributed by atoms with Crippen LogP contribution in [-0.2, 0) is 0 Å². The molecule has 0 aromatic carbocycles. The lowest BCUT2D eigenvalue weighted by molar-refractivity contribution is 0.210. The lowest BCUT2D eigenvalue weighted by Crippen LogP contribution is -2.37. The van der Waals surface area contributed by atoms with Crippen molar-refractivity contribution in [2.24, 2.45) is 0 Å². The molecule has 0 aliphatic heterocycles. The van der Waals surface area contributed by atoms with Crippen molar-refractivity contribution in [1.29, 1.82) is 0 Å². The summed E-state index contributed by atoms with van der Waals surface area (Å²) in [5, 5.41) is 12.6. The van der Waals surface area contributed by atoms with Crippen molar-refractivity contribution in [2.45, 2.75) is 45.2 Å². The largest absolute Gasteiger partial charge is 0.395 e. The van der Waals surface area contributed by atoms with Crippen LogP contribution in [0.2, 0.25) is 0 Å². The summed E-state index contributed by atoms with van der Waals surface area (Å²) in [6, 6.07) is 1.01. The molecular formula is C11H24N2O. The van der Waals surface area contributed by atoms with E-state index in [-0.39, 0.29) is 6.61 Å². The Morgan fingerprint density at radius 2 is 2.00 bits per heavy atom. The Morgan fingerprint density at radius 1 is 1.36 bits per heavy atom. The Kier molecular flexibility index (Phi) is 5.45. The van der Waals surface area contributed by atoms with Crippen LogP contribution in [0.5, 0.6) is 0 Å². The normalized spacial score (nSPS) is 18.9. The quantitative estimate of drug-likeness (QED) is 0.609. The number of aliphatic hydroxyl groups is 1. The van der Waals surface area contributed by atoms with Gasteiger partial charge in [0, 0.05) is 12.1 Å². The highest BCUT2D eigenvalue weighted by atomic mass is 16.3. The standard InChI is InChI=1S/C11H24N2O/c1-3-13(4-2)8-7-11(9-14)12-10-5-6-10/h10-12,14H,3-9H2,1-2H3. The van der Waals surface area contributed by atoms with Gasteiger partial charge in [-0.2, -0.15) is 0 Å². The van der Waals surface area contributed by atoms with Crippen LogP contribution in [0.4, 0.5) is 0 Å². The van der Waals surface area contributed by atoms with Crippen LogP contribution in [0.25, 0.3) is 0 Å². The first-order chi connectivity index (χ1) is 6.80. The minimum atomic E-state index is 0.276. The Balaban J connectivity index is 2.11. The molecule has 14 heavy (non-hydrogen) atoms. The molecule has 1 saturated carbocycles. The van der Waals surface area contributed by atoms with E-state index in [2.05, 4.69) is 24.1 Å². The van der Waals surface area contributed by atoms with Crippen molar-refractivity contribution in [3.05, 3.63) is 0 Å². The second kappa shape index (κ2) is 6.38. The minimum Gasteiger partial charge on any atom is -0.395 e. The molecule has 1 aliphatic carbocycles. The van der Waals surface area contributed by atoms with Crippen LogP contribution in [0.15, 0.2) is 0 Å². The van der Waals surface area contributed by atoms with E-state index in [1.165, 1.54) is 12.8 Å². The summed E-state index contributed by atoms with van der Waals surface area (Å²) >= 11 is 0. The second-order valence-electron chi connectivity index (χ2n) is 4.14. The Bertz CT molecular complexity index is 144. The fraction of sp³-hybridized carbons (Fsp3) is 1.00. The topological polar surface area (TPSA) is 35.5 Å². The van der Waals surface area contributed by atoms with Crippen LogP contribution in [0.3, 0.4) is 0 Å². The molecule has 0 aromatic heterocycles. The number of hydrogen-bond acceptors (Lipinski definition) is 3. The van der Waals surface area contributed by atoms with E-state index >= 15 is 0 Å². The van der Waals surface area contributed by atoms with Gasteiger partial charge >= 0.3 is 0 Å². The predicted octanol–water partition coefficient (Wildman–Crippen LogP) is 0.831. The molecule has 0 aromatic rings. The molecule has 3 nitrogen and oxygen atoms in total. The van der Waals surface area contributed by atoms with Crippen LogP contribution in [0, 0.1) is 0 Å². The number of hydrogen-bond donors (Lipinski definition) is 2. The maximum absolute atomic E-state index is 9.18. The summed E-state index contributed by atoms with van der Waals surface area (Å²) in [5.41, 5.74) is 0. The molecule has 0 saturated heterocycles. The summed E-state index contributed by atoms with van der Waals surface area (Å²) < 4.78 is 0. The molecular weight excluding hydrogens is 176 g/mol. The molecule has 3 heteroatoms. The van der Waals surface area contributed by atoms with Gasteiger partial charge in [0.25, 0.3) is 0 Å². The van der Waals surface area contributed by atoms with Crippen molar-refractivity contribution in [1.82, 2.24) is 10.2 Å². The van der Waals surface area contributed by atoms with Gasteiger partial charge in [0.15, 0.2) is 0 Å². The van der Waals surface area contributed by atoms with E-state index in [1.54, 1.807) is 0 Å². The van der Waals surface area contributed by atoms with Crippen molar-refractivity contribution >= 4 is 0 Å². The minimum absolute atomic E-state index is 0.276. The first-order valence-electron chi connectivity index (χ1n) is 5.89. The second-order valence-corrected chi connectivity index (χ2v) is 4.14. The first kappa shape index (κ1) is 12.0. The van der Waals surface area contributed by atoms with Crippen molar-refractivity contribution < 1.29 is 5.11 Å². The van der Waals surface area contributed by atoms with Crippen LogP contribution in [0.1, 0.15) is 33.1 Å². The van der Waals surface area contributed by atoms with E-state index in [0.717, 1.165) is 26.1 Å². The molecule has 0 spiro atoms. The van der Waals surface area contributed by atoms with E-state index in [9.17, 15) is 5.11 Å². The fourth-order valence-electron chi connectivity index (χ4n) is 1.69. The maximum Gasteiger partial charge on any atom is 0.0585 e. The van der Waals surface area contributed by atoms with Gasteiger partial charge in [0.2, 0.25) is 0 Å². The molecule has 1 rings (SSSR count). The van der Waals surface area contributed by atoms with Crippen molar-refractivity contribution in [2.75, 3.05) is 26.2 Å². The summed E-state index contributed by atoms with van der Waals surface area (Å²) in [4.78, 5) is 2.40. The Labute approximate surface area is 87.5 Å². The summed E-state index contributed by atoms with van der Waals surface area (Å²) in [6.07, 6.45) is 3.65. The van der Waals surface area contributed by atoms with Gasteiger partial charge in [-0.25, -0.2) is 0 Å². The zero-order valence-corrected chi connectivity index (χ0v) is 9.50. The molecule has 1 aliphatic rings. The predicted molar refractivity (Wildman–Crippen MR) is 59.4 cm³/mol. The van der Waals surface area contributed by atoms with Crippen molar-refractivity contribution in [3.8, 4) is 0 Å². The number of nitrogens with zero attached hydrogens (tertiary/aromatic N) is 1. The van der Waals surface area contributed by atoms with E-state index in [1.807, 2.05) is 0 Å². The third-order valence-corrected chi connectivity index (χ3v) is 2.96. The van der Waals surface area contributed by atoms with Gasteiger partial charge in [-0.05, 0) is 38.9 Å². The summed E-state index contributed by atoms with van der Waals surface area (Å²) in [7, 11) is 0. The highest BCUT2D eigenvalue weighted by Crippen LogP contribution is 2.19. The molecule has 2 N–H and O–H groups in total. The van der Waals surface area contributed by atoms with Crippen LogP contribution in [-0.4, -0.2) is 48.3 Å². The van der Waals surface area contributed by atoms with Crippen LogP contribution < -0.4 is 5.32 Å². The molecule has 1 atom stereocenters. The average molecular weight is 200 g/mol. The Hall–Kier alpha value is -0.120. The van der Waals surface area contributed by atoms with Gasteiger partial charge in [0.05, 0.1) is 6.61 Å². The van der Waals surface area contributed by atoms with Gasteiger partial charge in [-0.1, -0.05) is 13.8 Å². The average Bonchev–Trinajstić information content (AvgIpc) is 3.01. The molecule has 0 bridgehead atoms. The zero-order chi connectivity index (χ0) is 10.4. The lowest BCUT2D eigenvalue weighted by Gasteiger charge is -2.22. The first-order valence-corrected chi connectivity index (χ1v) is 5.89. The van der Waals surface area contributed by atoms with Crippen LogP contribution >= 0.6 is 0 Å². The van der Waals surface area contributed by atoms with Crippen molar-refractivity contribution in [3.63, 3.8) is 0 Å². The van der Waals surface area contributed by atoms with Gasteiger partial charge in [-0.15, -0.1) is 0 Å². The number of nitrogens with one attached hydrogen (secondary N) is 1. The SMILES string of the molecule is CCN(CC)CCC(CO)NC1CC1. The third-order valence-electron chi connectivity index (χ3n) is 2.96. The molecule has 1 fully saturated rings. The summed E-state index contributed by atoms with van der Waals surface area (Å²) in [5.74, 6) is 0. The molecule has 0 amide bonds. The Morgan fingerprint density at radius 3 is 2.43 bits per heavy atom. The summed E-state index contributed by atoms with van der Waals surface area (Å²) in [6.45, 7) is 7.96. The van der Waals surface area contributed by atoms with Gasteiger partial charge in [-0.3, -0.25) is 0 Å². The smallest absolute Gasteiger partial charge is 0.0585 e. The lowest BCUT2D eigenvalue weighted by atomic mass is 10.2. The molecule has 0 heterocycles. The number of aliphatic hydroxyl groups excluding tert-OH is 1. The third kappa shape index (κ3) is 4.40. The van der Waals surface area contributed by atoms with E-state index < -0.39 is 0 Å². The maximum atomic E-state index is 9.18. The van der Waals surface area contributed by atoms with E-state index in [0.29, 0.717) is 12.1 Å². The zero-order valence-electron chi connectivity index (χ0n) is 9.50.